The average Bonchev–Trinajstić information content (AvgIpc) is 2.49. The highest BCUT2D eigenvalue weighted by Crippen LogP contribution is 2.36. The van der Waals surface area contributed by atoms with E-state index in [0.717, 1.165) is 17.8 Å². The van der Waals surface area contributed by atoms with E-state index < -0.39 is 0 Å². The van der Waals surface area contributed by atoms with Crippen LogP contribution in [-0.4, -0.2) is 0 Å². The molecule has 0 aliphatic heterocycles. The summed E-state index contributed by atoms with van der Waals surface area (Å²) in [5, 5.41) is 0. The van der Waals surface area contributed by atoms with Crippen LogP contribution in [-0.2, 0) is 0 Å². The van der Waals surface area contributed by atoms with Crippen LogP contribution in [0, 0.1) is 11.8 Å². The van der Waals surface area contributed by atoms with Crippen LogP contribution in [0.1, 0.15) is 75.8 Å². The highest BCUT2D eigenvalue weighted by molar-refractivity contribution is 5.66. The van der Waals surface area contributed by atoms with Gasteiger partial charge in [0.15, 0.2) is 0 Å². The molecule has 0 heterocycles. The molecular weight excluding hydrogens is 240 g/mol. The normalized spacial score (nSPS) is 30.9. The molecule has 0 nitrogen and oxygen atoms in total. The highest BCUT2D eigenvalue weighted by atomic mass is 14.2. The predicted octanol–water partition coefficient (Wildman–Crippen LogP) is 6.18. The second-order valence-electron chi connectivity index (χ2n) is 7.19. The maximum absolute atomic E-state index is 2.46. The van der Waals surface area contributed by atoms with E-state index in [2.05, 4.69) is 44.2 Å². The lowest BCUT2D eigenvalue weighted by Crippen LogP contribution is -2.10. The Hall–Kier alpha value is -1.04. The Morgan fingerprint density at radius 3 is 2.10 bits per heavy atom. The molecule has 2 aliphatic rings. The van der Waals surface area contributed by atoms with Crippen molar-refractivity contribution in [3.05, 3.63) is 41.5 Å². The van der Waals surface area contributed by atoms with E-state index in [1.807, 2.05) is 0 Å². The molecule has 0 radical (unpaired) electrons. The number of hydrogen-bond donors (Lipinski definition) is 0. The van der Waals surface area contributed by atoms with E-state index in [0.29, 0.717) is 0 Å². The third-order valence-corrected chi connectivity index (χ3v) is 5.44. The summed E-state index contributed by atoms with van der Waals surface area (Å²) in [5.41, 5.74) is 4.61. The van der Waals surface area contributed by atoms with Crippen molar-refractivity contribution in [2.24, 2.45) is 11.8 Å². The number of rotatable bonds is 2. The Kier molecular flexibility index (Phi) is 4.29. The summed E-state index contributed by atoms with van der Waals surface area (Å²) in [6, 6.07) is 9.54. The SMILES string of the molecule is CC1CC=C(c2ccc(C3CCC(C)CC3)cc2)CC1. The van der Waals surface area contributed by atoms with E-state index in [9.17, 15) is 0 Å². The monoisotopic (exact) mass is 268 g/mol. The molecule has 1 atom stereocenters. The molecular formula is C20H28. The Bertz CT molecular complexity index is 457. The quantitative estimate of drug-likeness (QED) is 0.600. The van der Waals surface area contributed by atoms with Crippen LogP contribution in [0.4, 0.5) is 0 Å². The Labute approximate surface area is 124 Å². The summed E-state index contributed by atoms with van der Waals surface area (Å²) in [6.07, 6.45) is 11.9. The fraction of sp³-hybridized carbons (Fsp3) is 0.600. The summed E-state index contributed by atoms with van der Waals surface area (Å²) in [7, 11) is 0. The molecule has 0 saturated heterocycles. The number of benzene rings is 1. The average molecular weight is 268 g/mol. The van der Waals surface area contributed by atoms with Crippen LogP contribution in [0.5, 0.6) is 0 Å². The van der Waals surface area contributed by atoms with Gasteiger partial charge in [-0.1, -0.05) is 57.0 Å². The van der Waals surface area contributed by atoms with Gasteiger partial charge < -0.3 is 0 Å². The molecule has 1 aromatic carbocycles. The van der Waals surface area contributed by atoms with Crippen LogP contribution in [0.2, 0.25) is 0 Å². The molecule has 0 bridgehead atoms. The van der Waals surface area contributed by atoms with Crippen molar-refractivity contribution in [1.82, 2.24) is 0 Å². The minimum Gasteiger partial charge on any atom is -0.0805 e. The first-order valence-corrected chi connectivity index (χ1v) is 8.51. The molecule has 108 valence electrons. The summed E-state index contributed by atoms with van der Waals surface area (Å²) in [5.74, 6) is 2.64. The van der Waals surface area contributed by atoms with Crippen molar-refractivity contribution < 1.29 is 0 Å². The predicted molar refractivity (Wildman–Crippen MR) is 87.8 cm³/mol. The van der Waals surface area contributed by atoms with E-state index in [1.165, 1.54) is 50.5 Å². The van der Waals surface area contributed by atoms with Crippen molar-refractivity contribution in [1.29, 1.82) is 0 Å². The maximum Gasteiger partial charge on any atom is -0.0162 e. The zero-order valence-corrected chi connectivity index (χ0v) is 13.1. The van der Waals surface area contributed by atoms with Gasteiger partial charge in [0.2, 0.25) is 0 Å². The standard InChI is InChI=1S/C20H28/c1-15-3-7-17(8-4-15)19-11-13-20(14-12-19)18-9-5-16(2)6-10-18/h7,11-16,18H,3-6,8-10H2,1-2H3. The zero-order chi connectivity index (χ0) is 13.9. The Balaban J connectivity index is 1.68. The summed E-state index contributed by atoms with van der Waals surface area (Å²) >= 11 is 0. The van der Waals surface area contributed by atoms with Gasteiger partial charge in [-0.2, -0.15) is 0 Å². The van der Waals surface area contributed by atoms with Crippen molar-refractivity contribution in [2.45, 2.75) is 64.7 Å². The lowest BCUT2D eigenvalue weighted by molar-refractivity contribution is 0.348. The van der Waals surface area contributed by atoms with E-state index in [4.69, 9.17) is 0 Å². The van der Waals surface area contributed by atoms with Crippen LogP contribution < -0.4 is 0 Å². The van der Waals surface area contributed by atoms with Crippen LogP contribution >= 0.6 is 0 Å². The van der Waals surface area contributed by atoms with Crippen molar-refractivity contribution in [3.8, 4) is 0 Å². The lowest BCUT2D eigenvalue weighted by atomic mass is 9.79. The lowest BCUT2D eigenvalue weighted by Gasteiger charge is -2.26. The third-order valence-electron chi connectivity index (χ3n) is 5.44. The molecule has 0 spiro atoms. The number of allylic oxidation sites excluding steroid dienone is 2. The fourth-order valence-electron chi connectivity index (χ4n) is 3.79. The number of hydrogen-bond acceptors (Lipinski definition) is 0. The summed E-state index contributed by atoms with van der Waals surface area (Å²) in [4.78, 5) is 0. The van der Waals surface area contributed by atoms with Crippen molar-refractivity contribution in [2.75, 3.05) is 0 Å². The van der Waals surface area contributed by atoms with Gasteiger partial charge in [0, 0.05) is 0 Å². The molecule has 0 aromatic heterocycles. The molecule has 2 aliphatic carbocycles. The highest BCUT2D eigenvalue weighted by Gasteiger charge is 2.19. The van der Waals surface area contributed by atoms with E-state index in [1.54, 1.807) is 11.1 Å². The van der Waals surface area contributed by atoms with Crippen LogP contribution in [0.25, 0.3) is 5.57 Å². The van der Waals surface area contributed by atoms with Crippen LogP contribution in [0.3, 0.4) is 0 Å². The Morgan fingerprint density at radius 2 is 1.50 bits per heavy atom. The molecule has 20 heavy (non-hydrogen) atoms. The molecule has 0 heteroatoms. The fourth-order valence-corrected chi connectivity index (χ4v) is 3.79. The topological polar surface area (TPSA) is 0 Å². The Morgan fingerprint density at radius 1 is 0.800 bits per heavy atom. The smallest absolute Gasteiger partial charge is 0.0162 e. The molecule has 1 saturated carbocycles. The van der Waals surface area contributed by atoms with Crippen molar-refractivity contribution in [3.63, 3.8) is 0 Å². The van der Waals surface area contributed by atoms with Gasteiger partial charge in [-0.15, -0.1) is 0 Å². The first kappa shape index (κ1) is 13.9. The van der Waals surface area contributed by atoms with Crippen LogP contribution in [0.15, 0.2) is 30.3 Å². The molecule has 3 rings (SSSR count). The van der Waals surface area contributed by atoms with Gasteiger partial charge in [-0.25, -0.2) is 0 Å². The third kappa shape index (κ3) is 3.16. The summed E-state index contributed by atoms with van der Waals surface area (Å²) < 4.78 is 0. The van der Waals surface area contributed by atoms with Gasteiger partial charge in [0.1, 0.15) is 0 Å². The van der Waals surface area contributed by atoms with Crippen molar-refractivity contribution >= 4 is 5.57 Å². The molecule has 1 fully saturated rings. The minimum absolute atomic E-state index is 0.820. The minimum atomic E-state index is 0.820. The van der Waals surface area contributed by atoms with E-state index >= 15 is 0 Å². The van der Waals surface area contributed by atoms with Gasteiger partial charge in [0.05, 0.1) is 0 Å². The van der Waals surface area contributed by atoms with Gasteiger partial charge in [-0.05, 0) is 66.6 Å². The molecule has 0 N–H and O–H groups in total. The van der Waals surface area contributed by atoms with Gasteiger partial charge in [-0.3, -0.25) is 0 Å². The zero-order valence-electron chi connectivity index (χ0n) is 13.1. The summed E-state index contributed by atoms with van der Waals surface area (Å²) in [6.45, 7) is 4.76. The van der Waals surface area contributed by atoms with E-state index in [-0.39, 0.29) is 0 Å². The second-order valence-corrected chi connectivity index (χ2v) is 7.19. The molecule has 1 unspecified atom stereocenters. The maximum atomic E-state index is 2.46. The van der Waals surface area contributed by atoms with Gasteiger partial charge >= 0.3 is 0 Å². The first-order valence-electron chi connectivity index (χ1n) is 8.51. The molecule has 1 aromatic rings. The first-order chi connectivity index (χ1) is 9.72. The molecule has 0 amide bonds. The second kappa shape index (κ2) is 6.16. The largest absolute Gasteiger partial charge is 0.0805 e. The van der Waals surface area contributed by atoms with Gasteiger partial charge in [0.25, 0.3) is 0 Å².